The van der Waals surface area contributed by atoms with Gasteiger partial charge in [-0.25, -0.2) is 13.2 Å². The number of amides is 1. The van der Waals surface area contributed by atoms with Crippen LogP contribution in [0.2, 0.25) is 10.0 Å². The second kappa shape index (κ2) is 10.1. The van der Waals surface area contributed by atoms with Crippen molar-refractivity contribution < 1.29 is 23.1 Å². The maximum absolute atomic E-state index is 12.6. The standard InChI is InChI=1S/C24H24Cl2N2O5S/c25-19-2-1-3-20(26)22(19)23(29)27-21(24(30)31)14-15-4-6-16(7-5-15)17-10-12-28(13-11-17)34(32,33)18-8-9-18/h1-7,10,18,21H,8-9,11-14H2,(H,27,29)(H,30,31)/t21-/m0/s1. The van der Waals surface area contributed by atoms with Gasteiger partial charge in [0.15, 0.2) is 0 Å². The Morgan fingerprint density at radius 3 is 2.26 bits per heavy atom. The lowest BCUT2D eigenvalue weighted by atomic mass is 9.97. The minimum absolute atomic E-state index is 0.0365. The monoisotopic (exact) mass is 522 g/mol. The number of carbonyl (C=O) groups excluding carboxylic acids is 1. The molecule has 2 aliphatic rings. The van der Waals surface area contributed by atoms with Crippen LogP contribution in [0.3, 0.4) is 0 Å². The molecule has 0 radical (unpaired) electrons. The van der Waals surface area contributed by atoms with Gasteiger partial charge in [-0.3, -0.25) is 4.79 Å². The number of nitrogens with one attached hydrogen (secondary N) is 1. The Bertz CT molecular complexity index is 1220. The summed E-state index contributed by atoms with van der Waals surface area (Å²) in [7, 11) is -3.18. The van der Waals surface area contributed by atoms with Crippen molar-refractivity contribution in [1.82, 2.24) is 9.62 Å². The zero-order valence-electron chi connectivity index (χ0n) is 18.2. The Balaban J connectivity index is 1.41. The van der Waals surface area contributed by atoms with E-state index < -0.39 is 27.9 Å². The predicted octanol–water partition coefficient (Wildman–Crippen LogP) is 4.00. The topological polar surface area (TPSA) is 104 Å². The van der Waals surface area contributed by atoms with Crippen LogP contribution in [-0.2, 0) is 21.2 Å². The van der Waals surface area contributed by atoms with Gasteiger partial charge in [0.25, 0.3) is 5.91 Å². The molecule has 180 valence electrons. The van der Waals surface area contributed by atoms with E-state index in [4.69, 9.17) is 23.2 Å². The molecule has 0 spiro atoms. The molecular weight excluding hydrogens is 499 g/mol. The van der Waals surface area contributed by atoms with Crippen molar-refractivity contribution in [2.24, 2.45) is 0 Å². The van der Waals surface area contributed by atoms with Crippen molar-refractivity contribution in [2.75, 3.05) is 13.1 Å². The van der Waals surface area contributed by atoms with Crippen LogP contribution in [0.4, 0.5) is 0 Å². The number of benzene rings is 2. The van der Waals surface area contributed by atoms with Crippen LogP contribution < -0.4 is 5.32 Å². The summed E-state index contributed by atoms with van der Waals surface area (Å²) in [4.78, 5) is 24.4. The second-order valence-electron chi connectivity index (χ2n) is 8.44. The van der Waals surface area contributed by atoms with Crippen molar-refractivity contribution in [3.63, 3.8) is 0 Å². The molecule has 2 N–H and O–H groups in total. The van der Waals surface area contributed by atoms with Crippen LogP contribution in [0.25, 0.3) is 5.57 Å². The fourth-order valence-electron chi connectivity index (χ4n) is 3.96. The van der Waals surface area contributed by atoms with Crippen LogP contribution in [0.5, 0.6) is 0 Å². The molecule has 4 rings (SSSR count). The summed E-state index contributed by atoms with van der Waals surface area (Å²) in [5.41, 5.74) is 2.79. The Morgan fingerprint density at radius 2 is 1.74 bits per heavy atom. The van der Waals surface area contributed by atoms with Gasteiger partial charge in [-0.05, 0) is 48.1 Å². The van der Waals surface area contributed by atoms with Crippen LogP contribution in [0.1, 0.15) is 40.7 Å². The molecule has 1 aliphatic carbocycles. The zero-order chi connectivity index (χ0) is 24.5. The highest BCUT2D eigenvalue weighted by molar-refractivity contribution is 7.90. The lowest BCUT2D eigenvalue weighted by Crippen LogP contribution is -2.42. The second-order valence-corrected chi connectivity index (χ2v) is 11.5. The molecule has 7 nitrogen and oxygen atoms in total. The van der Waals surface area contributed by atoms with Gasteiger partial charge in [-0.1, -0.05) is 59.6 Å². The summed E-state index contributed by atoms with van der Waals surface area (Å²) in [5.74, 6) is -1.83. The van der Waals surface area contributed by atoms with Crippen molar-refractivity contribution in [3.8, 4) is 0 Å². The smallest absolute Gasteiger partial charge is 0.326 e. The highest BCUT2D eigenvalue weighted by Gasteiger charge is 2.40. The van der Waals surface area contributed by atoms with Gasteiger partial charge in [0.05, 0.1) is 20.9 Å². The number of rotatable bonds is 8. The fourth-order valence-corrected chi connectivity index (χ4v) is 6.31. The molecule has 0 aromatic heterocycles. The van der Waals surface area contributed by atoms with E-state index in [1.807, 2.05) is 30.3 Å². The number of sulfonamides is 1. The number of halogens is 2. The van der Waals surface area contributed by atoms with Gasteiger partial charge in [0, 0.05) is 19.5 Å². The normalized spacial score (nSPS) is 17.6. The number of carbonyl (C=O) groups is 2. The summed E-state index contributed by atoms with van der Waals surface area (Å²) >= 11 is 12.1. The molecule has 0 unspecified atom stereocenters. The molecule has 2 aromatic carbocycles. The third-order valence-corrected chi connectivity index (χ3v) is 9.03. The minimum Gasteiger partial charge on any atom is -0.480 e. The molecule has 1 saturated carbocycles. The maximum Gasteiger partial charge on any atom is 0.326 e. The number of hydrogen-bond donors (Lipinski definition) is 2. The number of hydrogen-bond acceptors (Lipinski definition) is 4. The lowest BCUT2D eigenvalue weighted by Gasteiger charge is -2.26. The molecule has 1 aliphatic heterocycles. The van der Waals surface area contributed by atoms with Crippen LogP contribution in [0.15, 0.2) is 48.5 Å². The fraction of sp³-hybridized carbons (Fsp3) is 0.333. The van der Waals surface area contributed by atoms with Gasteiger partial charge in [0.1, 0.15) is 6.04 Å². The van der Waals surface area contributed by atoms with E-state index in [-0.39, 0.29) is 27.3 Å². The third-order valence-electron chi connectivity index (χ3n) is 6.04. The molecule has 1 atom stereocenters. The number of aliphatic carboxylic acids is 1. The number of nitrogens with zero attached hydrogens (tertiary/aromatic N) is 1. The van der Waals surface area contributed by atoms with Gasteiger partial charge in [-0.15, -0.1) is 0 Å². The quantitative estimate of drug-likeness (QED) is 0.545. The number of carboxylic acids is 1. The van der Waals surface area contributed by atoms with E-state index >= 15 is 0 Å². The van der Waals surface area contributed by atoms with Crippen molar-refractivity contribution in [2.45, 2.75) is 37.0 Å². The van der Waals surface area contributed by atoms with Crippen LogP contribution in [-0.4, -0.2) is 54.1 Å². The van der Waals surface area contributed by atoms with Crippen molar-refractivity contribution >= 4 is 50.7 Å². The Kier molecular flexibility index (Phi) is 7.33. The Morgan fingerprint density at radius 1 is 1.09 bits per heavy atom. The van der Waals surface area contributed by atoms with E-state index in [9.17, 15) is 23.1 Å². The van der Waals surface area contributed by atoms with Crippen LogP contribution in [0, 0.1) is 0 Å². The van der Waals surface area contributed by atoms with E-state index in [0.717, 1.165) is 29.5 Å². The largest absolute Gasteiger partial charge is 0.480 e. The van der Waals surface area contributed by atoms with E-state index in [1.165, 1.54) is 12.1 Å². The molecule has 1 amide bonds. The molecule has 10 heteroatoms. The molecule has 2 aromatic rings. The first-order valence-corrected chi connectivity index (χ1v) is 13.2. The summed E-state index contributed by atoms with van der Waals surface area (Å²) in [6.45, 7) is 0.831. The van der Waals surface area contributed by atoms with Crippen molar-refractivity contribution in [3.05, 3.63) is 75.3 Å². The summed E-state index contributed by atoms with van der Waals surface area (Å²) in [6, 6.07) is 10.9. The van der Waals surface area contributed by atoms with Gasteiger partial charge in [0.2, 0.25) is 10.0 Å². The number of carboxylic acid groups (broad SMARTS) is 1. The summed E-state index contributed by atoms with van der Waals surface area (Å²) < 4.78 is 26.4. The molecular formula is C24H24Cl2N2O5S. The van der Waals surface area contributed by atoms with E-state index in [1.54, 1.807) is 10.4 Å². The maximum atomic E-state index is 12.6. The summed E-state index contributed by atoms with van der Waals surface area (Å²) in [5, 5.41) is 12.2. The minimum atomic E-state index is -3.18. The predicted molar refractivity (Wildman–Crippen MR) is 132 cm³/mol. The van der Waals surface area contributed by atoms with Gasteiger partial charge in [-0.2, -0.15) is 4.31 Å². The average Bonchev–Trinajstić information content (AvgIpc) is 3.65. The lowest BCUT2D eigenvalue weighted by molar-refractivity contribution is -0.139. The Labute approximate surface area is 208 Å². The van der Waals surface area contributed by atoms with Gasteiger partial charge >= 0.3 is 5.97 Å². The average molecular weight is 523 g/mol. The molecule has 34 heavy (non-hydrogen) atoms. The van der Waals surface area contributed by atoms with E-state index in [2.05, 4.69) is 5.32 Å². The highest BCUT2D eigenvalue weighted by Crippen LogP contribution is 2.33. The highest BCUT2D eigenvalue weighted by atomic mass is 35.5. The summed E-state index contributed by atoms with van der Waals surface area (Å²) in [6.07, 6.45) is 4.14. The molecule has 1 fully saturated rings. The first kappa shape index (κ1) is 24.7. The molecule has 1 heterocycles. The zero-order valence-corrected chi connectivity index (χ0v) is 20.5. The Hall–Kier alpha value is -2.39. The third kappa shape index (κ3) is 5.46. The molecule has 0 saturated heterocycles. The SMILES string of the molecule is O=C(N[C@@H](Cc1ccc(C2=CCN(S(=O)(=O)C3CC3)CC2)cc1)C(=O)O)c1c(Cl)cccc1Cl. The van der Waals surface area contributed by atoms with E-state index in [0.29, 0.717) is 19.5 Å². The van der Waals surface area contributed by atoms with Crippen LogP contribution >= 0.6 is 23.2 Å². The first-order valence-electron chi connectivity index (χ1n) is 10.9. The van der Waals surface area contributed by atoms with Gasteiger partial charge < -0.3 is 10.4 Å². The molecule has 0 bridgehead atoms. The first-order chi connectivity index (χ1) is 16.2. The van der Waals surface area contributed by atoms with Crippen molar-refractivity contribution in [1.29, 1.82) is 0 Å².